The molecule has 0 saturated carbocycles. The molecule has 1 atom stereocenters. The Labute approximate surface area is 166 Å². The van der Waals surface area contributed by atoms with Crippen molar-refractivity contribution >= 4 is 17.3 Å². The van der Waals surface area contributed by atoms with Crippen LogP contribution >= 0.6 is 11.3 Å². The number of furan rings is 1. The van der Waals surface area contributed by atoms with Gasteiger partial charge in [0.2, 0.25) is 0 Å². The lowest BCUT2D eigenvalue weighted by Gasteiger charge is -2.21. The molecule has 0 fully saturated rings. The largest absolute Gasteiger partial charge is 0.466 e. The van der Waals surface area contributed by atoms with E-state index in [2.05, 4.69) is 34.5 Å². The van der Waals surface area contributed by atoms with Gasteiger partial charge in [0, 0.05) is 30.0 Å². The highest BCUT2D eigenvalue weighted by molar-refractivity contribution is 7.11. The Morgan fingerprint density at radius 2 is 2.04 bits per heavy atom. The summed E-state index contributed by atoms with van der Waals surface area (Å²) in [5, 5.41) is 18.5. The summed E-state index contributed by atoms with van der Waals surface area (Å²) >= 11 is 1.76. The summed E-state index contributed by atoms with van der Waals surface area (Å²) in [6.45, 7) is 13.5. The van der Waals surface area contributed by atoms with Crippen molar-refractivity contribution in [3.05, 3.63) is 38.7 Å². The number of nitrogens with zero attached hydrogens (tertiary/aromatic N) is 2. The number of aromatic nitrogens is 1. The number of nitrogens with one attached hydrogen (secondary N) is 2. The lowest BCUT2D eigenvalue weighted by atomic mass is 9.96. The number of thiazole rings is 1. The van der Waals surface area contributed by atoms with Gasteiger partial charge < -0.3 is 20.2 Å². The third-order valence-corrected chi connectivity index (χ3v) is 5.49. The van der Waals surface area contributed by atoms with Crippen LogP contribution in [0.5, 0.6) is 0 Å². The molecule has 2 rings (SSSR count). The molecule has 27 heavy (non-hydrogen) atoms. The summed E-state index contributed by atoms with van der Waals surface area (Å²) in [4.78, 5) is 10.5. The molecule has 6 nitrogen and oxygen atoms in total. The van der Waals surface area contributed by atoms with Crippen LogP contribution in [0.3, 0.4) is 0 Å². The van der Waals surface area contributed by atoms with E-state index in [0.717, 1.165) is 48.0 Å². The summed E-state index contributed by atoms with van der Waals surface area (Å²) in [7, 11) is 0. The highest BCUT2D eigenvalue weighted by Gasteiger charge is 2.27. The van der Waals surface area contributed by atoms with Crippen LogP contribution in [0.4, 0.5) is 0 Å². The van der Waals surface area contributed by atoms with Crippen molar-refractivity contribution in [3.8, 4) is 0 Å². The maximum atomic E-state index is 10.8. The Hall–Kier alpha value is -1.86. The molecule has 2 heterocycles. The van der Waals surface area contributed by atoms with E-state index in [4.69, 9.17) is 4.42 Å². The molecular weight excluding hydrogens is 360 g/mol. The average Bonchev–Trinajstić information content (AvgIpc) is 3.14. The number of aliphatic hydroxyl groups is 1. The van der Waals surface area contributed by atoms with Crippen LogP contribution in [0.1, 0.15) is 53.4 Å². The molecule has 0 aliphatic rings. The minimum Gasteiger partial charge on any atom is -0.466 e. The number of aryl methyl sites for hydroxylation is 4. The Balaban J connectivity index is 1.97. The summed E-state index contributed by atoms with van der Waals surface area (Å²) in [6, 6.07) is 1.88. The molecule has 1 unspecified atom stereocenters. The van der Waals surface area contributed by atoms with Crippen LogP contribution in [0.15, 0.2) is 15.5 Å². The molecule has 0 radical (unpaired) electrons. The predicted molar refractivity (Wildman–Crippen MR) is 112 cm³/mol. The summed E-state index contributed by atoms with van der Waals surface area (Å²) < 4.78 is 5.54. The van der Waals surface area contributed by atoms with Gasteiger partial charge in [0.15, 0.2) is 5.96 Å². The van der Waals surface area contributed by atoms with E-state index in [1.54, 1.807) is 18.3 Å². The molecule has 3 N–H and O–H groups in total. The Morgan fingerprint density at radius 1 is 1.30 bits per heavy atom. The van der Waals surface area contributed by atoms with Crippen LogP contribution in [0, 0.1) is 20.8 Å². The third-order valence-electron chi connectivity index (χ3n) is 4.41. The van der Waals surface area contributed by atoms with Crippen molar-refractivity contribution in [1.82, 2.24) is 15.6 Å². The molecule has 0 aliphatic carbocycles. The zero-order valence-corrected chi connectivity index (χ0v) is 18.1. The third kappa shape index (κ3) is 5.81. The second kappa shape index (κ2) is 9.37. The van der Waals surface area contributed by atoms with Crippen molar-refractivity contribution in [3.63, 3.8) is 0 Å². The maximum absolute atomic E-state index is 10.8. The normalized spacial score (nSPS) is 14.3. The van der Waals surface area contributed by atoms with E-state index >= 15 is 0 Å². The van der Waals surface area contributed by atoms with Crippen LogP contribution in [-0.2, 0) is 18.4 Å². The van der Waals surface area contributed by atoms with Gasteiger partial charge in [-0.3, -0.25) is 0 Å². The molecule has 7 heteroatoms. The predicted octanol–water partition coefficient (Wildman–Crippen LogP) is 3.23. The Bertz CT molecular complexity index is 777. The first-order valence-electron chi connectivity index (χ1n) is 9.54. The first-order valence-corrected chi connectivity index (χ1v) is 10.4. The molecular formula is C20H32N4O2S. The highest BCUT2D eigenvalue weighted by atomic mass is 32.1. The Morgan fingerprint density at radius 3 is 2.59 bits per heavy atom. The van der Waals surface area contributed by atoms with E-state index in [-0.39, 0.29) is 6.54 Å². The van der Waals surface area contributed by atoms with Crippen molar-refractivity contribution in [2.24, 2.45) is 4.99 Å². The minimum atomic E-state index is -1.08. The average molecular weight is 393 g/mol. The topological polar surface area (TPSA) is 82.7 Å². The fourth-order valence-corrected chi connectivity index (χ4v) is 4.06. The van der Waals surface area contributed by atoms with Crippen molar-refractivity contribution in [1.29, 1.82) is 0 Å². The molecule has 0 bridgehead atoms. The van der Waals surface area contributed by atoms with Crippen LogP contribution < -0.4 is 10.6 Å². The lowest BCUT2D eigenvalue weighted by Crippen LogP contribution is -2.39. The van der Waals surface area contributed by atoms with Crippen LogP contribution in [0.25, 0.3) is 0 Å². The maximum Gasteiger partial charge on any atom is 0.191 e. The van der Waals surface area contributed by atoms with Gasteiger partial charge in [-0.1, -0.05) is 6.92 Å². The molecule has 2 aromatic heterocycles. The van der Waals surface area contributed by atoms with Crippen LogP contribution in [-0.4, -0.2) is 35.7 Å². The van der Waals surface area contributed by atoms with E-state index in [9.17, 15) is 5.11 Å². The lowest BCUT2D eigenvalue weighted by molar-refractivity contribution is 0.0657. The molecule has 0 aliphatic heterocycles. The Kier molecular flexibility index (Phi) is 7.44. The number of rotatable bonds is 8. The van der Waals surface area contributed by atoms with Gasteiger partial charge in [0.1, 0.15) is 17.1 Å². The fourth-order valence-electron chi connectivity index (χ4n) is 3.04. The summed E-state index contributed by atoms with van der Waals surface area (Å²) in [6.07, 6.45) is 1.83. The molecule has 150 valence electrons. The first kappa shape index (κ1) is 21.4. The van der Waals surface area contributed by atoms with Gasteiger partial charge in [-0.25, -0.2) is 9.98 Å². The van der Waals surface area contributed by atoms with Gasteiger partial charge in [0.05, 0.1) is 17.2 Å². The second-order valence-electron chi connectivity index (χ2n) is 6.94. The molecule has 0 amide bonds. The van der Waals surface area contributed by atoms with Gasteiger partial charge in [-0.2, -0.15) is 0 Å². The van der Waals surface area contributed by atoms with E-state index in [0.29, 0.717) is 5.96 Å². The van der Waals surface area contributed by atoms with Crippen molar-refractivity contribution in [2.45, 2.75) is 60.0 Å². The standard InChI is InChI=1S/C20H32N4O2S/c1-7-17-15(5)27-18(24-17)9-10-22-19(21-8-2)23-12-20(6,25)16-11-13(3)26-14(16)4/h11,25H,7-10,12H2,1-6H3,(H2,21,22,23). The van der Waals surface area contributed by atoms with E-state index in [1.807, 2.05) is 26.8 Å². The smallest absolute Gasteiger partial charge is 0.191 e. The quantitative estimate of drug-likeness (QED) is 0.475. The van der Waals surface area contributed by atoms with Gasteiger partial charge in [0.25, 0.3) is 0 Å². The minimum absolute atomic E-state index is 0.249. The number of hydrogen-bond acceptors (Lipinski definition) is 5. The SMILES string of the molecule is CCNC(=NCC(C)(O)c1cc(C)oc1C)NCCc1nc(CC)c(C)s1. The van der Waals surface area contributed by atoms with Gasteiger partial charge in [-0.15, -0.1) is 11.3 Å². The number of guanidine groups is 1. The molecule has 2 aromatic rings. The van der Waals surface area contributed by atoms with Gasteiger partial charge >= 0.3 is 0 Å². The molecule has 0 aromatic carbocycles. The zero-order valence-electron chi connectivity index (χ0n) is 17.3. The first-order chi connectivity index (χ1) is 12.8. The monoisotopic (exact) mass is 392 g/mol. The highest BCUT2D eigenvalue weighted by Crippen LogP contribution is 2.27. The molecule has 0 saturated heterocycles. The molecule has 0 spiro atoms. The summed E-state index contributed by atoms with van der Waals surface area (Å²) in [5.74, 6) is 2.22. The van der Waals surface area contributed by atoms with Gasteiger partial charge in [-0.05, 0) is 47.1 Å². The number of hydrogen-bond donors (Lipinski definition) is 3. The fraction of sp³-hybridized carbons (Fsp3) is 0.600. The summed E-state index contributed by atoms with van der Waals surface area (Å²) in [5.41, 5.74) is 0.898. The van der Waals surface area contributed by atoms with Crippen LogP contribution in [0.2, 0.25) is 0 Å². The van der Waals surface area contributed by atoms with E-state index < -0.39 is 5.60 Å². The van der Waals surface area contributed by atoms with Crippen molar-refractivity contribution in [2.75, 3.05) is 19.6 Å². The van der Waals surface area contributed by atoms with E-state index in [1.165, 1.54) is 10.6 Å². The second-order valence-corrected chi connectivity index (χ2v) is 8.22. The number of aliphatic imine (C=N–C) groups is 1. The zero-order chi connectivity index (χ0) is 20.0. The van der Waals surface area contributed by atoms with Crippen molar-refractivity contribution < 1.29 is 9.52 Å².